The van der Waals surface area contributed by atoms with E-state index >= 15 is 0 Å². The standard InChI is InChI=1S/C17H14N6O4S/c18-10-14(24)23-12(16(25)26)7(6-28-15(10)23)5-27-17-20-13-11(21-22-17)8-3-1-2-4-9(8)19-13/h1-4,10,15H,5-6,18H2,(H,25,26)(H,19,20,22). The van der Waals surface area contributed by atoms with Crippen LogP contribution in [0, 0.1) is 0 Å². The molecule has 1 fully saturated rings. The third kappa shape index (κ3) is 2.43. The van der Waals surface area contributed by atoms with Crippen LogP contribution in [-0.2, 0) is 9.59 Å². The van der Waals surface area contributed by atoms with Crippen molar-refractivity contribution in [1.29, 1.82) is 0 Å². The lowest BCUT2D eigenvalue weighted by Crippen LogP contribution is -2.68. The molecule has 0 radical (unpaired) electrons. The SMILES string of the molecule is NC1C(=O)N2C(C(=O)O)=C(COc3nnc4c(n3)[nH]c3ccccc34)CSC12. The normalized spacial score (nSPS) is 21.8. The summed E-state index contributed by atoms with van der Waals surface area (Å²) < 4.78 is 5.59. The monoisotopic (exact) mass is 398 g/mol. The molecular weight excluding hydrogens is 384 g/mol. The van der Waals surface area contributed by atoms with Gasteiger partial charge in [0.05, 0.1) is 0 Å². The first kappa shape index (κ1) is 17.0. The van der Waals surface area contributed by atoms with Crippen LogP contribution in [0.2, 0.25) is 0 Å². The Kier molecular flexibility index (Phi) is 3.74. The molecule has 4 N–H and O–H groups in total. The fourth-order valence-electron chi connectivity index (χ4n) is 3.41. The van der Waals surface area contributed by atoms with E-state index in [1.807, 2.05) is 24.3 Å². The van der Waals surface area contributed by atoms with Gasteiger partial charge in [-0.15, -0.1) is 16.9 Å². The molecule has 11 heteroatoms. The lowest BCUT2D eigenvalue weighted by Gasteiger charge is -2.47. The van der Waals surface area contributed by atoms with Gasteiger partial charge < -0.3 is 20.6 Å². The largest absolute Gasteiger partial charge is 0.477 e. The maximum atomic E-state index is 12.0. The summed E-state index contributed by atoms with van der Waals surface area (Å²) in [5.74, 6) is -1.19. The van der Waals surface area contributed by atoms with Gasteiger partial charge in [0, 0.05) is 22.2 Å². The van der Waals surface area contributed by atoms with Crippen LogP contribution in [0.15, 0.2) is 35.5 Å². The molecule has 2 unspecified atom stereocenters. The predicted octanol–water partition coefficient (Wildman–Crippen LogP) is 0.466. The number of carbonyl (C=O) groups is 2. The number of hydrogen-bond donors (Lipinski definition) is 3. The minimum atomic E-state index is -1.19. The molecule has 2 aliphatic heterocycles. The van der Waals surface area contributed by atoms with Gasteiger partial charge in [-0.1, -0.05) is 23.3 Å². The zero-order chi connectivity index (χ0) is 19.4. The van der Waals surface area contributed by atoms with Crippen LogP contribution in [-0.4, -0.2) is 65.8 Å². The molecule has 28 heavy (non-hydrogen) atoms. The Balaban J connectivity index is 1.42. The fourth-order valence-corrected chi connectivity index (χ4v) is 4.68. The number of aromatic nitrogens is 4. The van der Waals surface area contributed by atoms with Crippen molar-refractivity contribution in [1.82, 2.24) is 25.1 Å². The van der Waals surface area contributed by atoms with Crippen LogP contribution < -0.4 is 10.5 Å². The van der Waals surface area contributed by atoms with Gasteiger partial charge in [-0.05, 0) is 6.07 Å². The molecule has 0 saturated carbocycles. The molecule has 142 valence electrons. The van der Waals surface area contributed by atoms with Crippen LogP contribution in [0.5, 0.6) is 6.01 Å². The van der Waals surface area contributed by atoms with Crippen molar-refractivity contribution in [2.75, 3.05) is 12.4 Å². The molecule has 10 nitrogen and oxygen atoms in total. The topological polar surface area (TPSA) is 147 Å². The maximum absolute atomic E-state index is 12.0. The third-order valence-electron chi connectivity index (χ3n) is 4.77. The molecule has 0 bridgehead atoms. The van der Waals surface area contributed by atoms with Crippen molar-refractivity contribution in [2.24, 2.45) is 5.73 Å². The van der Waals surface area contributed by atoms with Gasteiger partial charge in [0.15, 0.2) is 5.65 Å². The Bertz CT molecular complexity index is 1170. The number of ether oxygens (including phenoxy) is 1. The highest BCUT2D eigenvalue weighted by atomic mass is 32.2. The Morgan fingerprint density at radius 3 is 3.04 bits per heavy atom. The van der Waals surface area contributed by atoms with Gasteiger partial charge in [0.1, 0.15) is 29.2 Å². The Morgan fingerprint density at radius 2 is 2.21 bits per heavy atom. The van der Waals surface area contributed by atoms with Gasteiger partial charge in [-0.2, -0.15) is 4.98 Å². The van der Waals surface area contributed by atoms with Crippen molar-refractivity contribution in [3.8, 4) is 6.01 Å². The average molecular weight is 398 g/mol. The molecule has 2 aromatic heterocycles. The van der Waals surface area contributed by atoms with Crippen LogP contribution in [0.25, 0.3) is 22.1 Å². The zero-order valence-corrected chi connectivity index (χ0v) is 15.1. The Labute approximate surface area is 161 Å². The number of thioether (sulfide) groups is 1. The van der Waals surface area contributed by atoms with Gasteiger partial charge >= 0.3 is 12.0 Å². The van der Waals surface area contributed by atoms with E-state index in [-0.39, 0.29) is 23.7 Å². The summed E-state index contributed by atoms with van der Waals surface area (Å²) in [5, 5.41) is 18.2. The summed E-state index contributed by atoms with van der Waals surface area (Å²) in [4.78, 5) is 32.3. The van der Waals surface area contributed by atoms with E-state index in [9.17, 15) is 14.7 Å². The molecule has 5 rings (SSSR count). The summed E-state index contributed by atoms with van der Waals surface area (Å²) in [7, 11) is 0. The molecule has 1 amide bonds. The second kappa shape index (κ2) is 6.17. The van der Waals surface area contributed by atoms with Crippen LogP contribution in [0.4, 0.5) is 0 Å². The third-order valence-corrected chi connectivity index (χ3v) is 6.13. The quantitative estimate of drug-likeness (QED) is 0.533. The van der Waals surface area contributed by atoms with E-state index in [2.05, 4.69) is 20.2 Å². The number of benzene rings is 1. The summed E-state index contributed by atoms with van der Waals surface area (Å²) in [6.07, 6.45) is 0. The zero-order valence-electron chi connectivity index (χ0n) is 14.3. The smallest absolute Gasteiger partial charge is 0.352 e. The molecule has 2 aliphatic rings. The Hall–Kier alpha value is -3.18. The molecule has 3 aromatic rings. The van der Waals surface area contributed by atoms with Crippen molar-refractivity contribution in [2.45, 2.75) is 11.4 Å². The number of hydrogen-bond acceptors (Lipinski definition) is 8. The number of nitrogens with zero attached hydrogens (tertiary/aromatic N) is 4. The van der Waals surface area contributed by atoms with Crippen molar-refractivity contribution < 1.29 is 19.4 Å². The highest BCUT2D eigenvalue weighted by Crippen LogP contribution is 2.39. The number of H-pyrrole nitrogens is 1. The number of rotatable bonds is 4. The first-order valence-electron chi connectivity index (χ1n) is 8.44. The molecule has 2 atom stereocenters. The van der Waals surface area contributed by atoms with Crippen LogP contribution in [0.1, 0.15) is 0 Å². The highest BCUT2D eigenvalue weighted by molar-refractivity contribution is 8.00. The minimum absolute atomic E-state index is 0.0232. The van der Waals surface area contributed by atoms with E-state index in [1.165, 1.54) is 16.7 Å². The van der Waals surface area contributed by atoms with E-state index in [0.29, 0.717) is 22.5 Å². The van der Waals surface area contributed by atoms with Crippen molar-refractivity contribution >= 4 is 45.7 Å². The number of β-lactam (4-membered cyclic amide) rings is 1. The lowest BCUT2D eigenvalue weighted by atomic mass is 10.0. The van der Waals surface area contributed by atoms with E-state index in [1.54, 1.807) is 0 Å². The number of nitrogens with two attached hydrogens (primary N) is 1. The summed E-state index contributed by atoms with van der Waals surface area (Å²) in [5.41, 5.74) is 8.18. The van der Waals surface area contributed by atoms with Gasteiger partial charge in [-0.3, -0.25) is 9.69 Å². The van der Waals surface area contributed by atoms with Crippen molar-refractivity contribution in [3.05, 3.63) is 35.5 Å². The number of carboxylic acid groups (broad SMARTS) is 1. The second-order valence-corrected chi connectivity index (χ2v) is 7.55. The molecule has 4 heterocycles. The van der Waals surface area contributed by atoms with Crippen LogP contribution in [0.3, 0.4) is 0 Å². The lowest BCUT2D eigenvalue weighted by molar-refractivity contribution is -0.148. The van der Waals surface area contributed by atoms with Gasteiger partial charge in [-0.25, -0.2) is 4.79 Å². The van der Waals surface area contributed by atoms with E-state index < -0.39 is 17.9 Å². The first-order chi connectivity index (χ1) is 13.5. The first-order valence-corrected chi connectivity index (χ1v) is 9.49. The number of aromatic amines is 1. The van der Waals surface area contributed by atoms with Crippen LogP contribution >= 0.6 is 11.8 Å². The molecular formula is C17H14N6O4S. The Morgan fingerprint density at radius 1 is 1.39 bits per heavy atom. The summed E-state index contributed by atoms with van der Waals surface area (Å²) >= 11 is 1.41. The number of aliphatic carboxylic acids is 1. The number of fused-ring (bicyclic) bond motifs is 4. The van der Waals surface area contributed by atoms with Crippen molar-refractivity contribution in [3.63, 3.8) is 0 Å². The molecule has 1 saturated heterocycles. The maximum Gasteiger partial charge on any atom is 0.352 e. The minimum Gasteiger partial charge on any atom is -0.477 e. The number of nitrogens with one attached hydrogen (secondary N) is 1. The summed E-state index contributed by atoms with van der Waals surface area (Å²) in [6.45, 7) is -0.0617. The number of para-hydroxylation sites is 1. The molecule has 0 aliphatic carbocycles. The fraction of sp³-hybridized carbons (Fsp3) is 0.235. The molecule has 1 aromatic carbocycles. The van der Waals surface area contributed by atoms with Gasteiger partial charge in [0.2, 0.25) is 5.91 Å². The predicted molar refractivity (Wildman–Crippen MR) is 100 cm³/mol. The van der Waals surface area contributed by atoms with E-state index in [4.69, 9.17) is 10.5 Å². The average Bonchev–Trinajstić information content (AvgIpc) is 3.08. The summed E-state index contributed by atoms with van der Waals surface area (Å²) in [6, 6.07) is 6.99. The number of carbonyl (C=O) groups excluding carboxylic acids is 1. The van der Waals surface area contributed by atoms with Gasteiger partial charge in [0.25, 0.3) is 0 Å². The highest BCUT2D eigenvalue weighted by Gasteiger charge is 2.51. The molecule has 0 spiro atoms. The number of amides is 1. The van der Waals surface area contributed by atoms with E-state index in [0.717, 1.165) is 10.9 Å². The number of carboxylic acids is 1. The second-order valence-electron chi connectivity index (χ2n) is 6.44.